The van der Waals surface area contributed by atoms with Gasteiger partial charge in [-0.3, -0.25) is 4.90 Å². The van der Waals surface area contributed by atoms with E-state index < -0.39 is 0 Å². The van der Waals surface area contributed by atoms with Gasteiger partial charge in [-0.05, 0) is 31.7 Å². The van der Waals surface area contributed by atoms with E-state index in [1.165, 1.54) is 19.3 Å². The zero-order chi connectivity index (χ0) is 10.0. The van der Waals surface area contributed by atoms with Crippen molar-refractivity contribution in [2.24, 2.45) is 5.92 Å². The van der Waals surface area contributed by atoms with Gasteiger partial charge in [0, 0.05) is 25.2 Å². The molecule has 14 heavy (non-hydrogen) atoms. The van der Waals surface area contributed by atoms with Crippen molar-refractivity contribution in [3.63, 3.8) is 0 Å². The molecule has 0 spiro atoms. The van der Waals surface area contributed by atoms with E-state index in [0.29, 0.717) is 12.5 Å². The first kappa shape index (κ1) is 10.4. The summed E-state index contributed by atoms with van der Waals surface area (Å²) in [6.45, 7) is 7.08. The van der Waals surface area contributed by atoms with E-state index in [1.807, 2.05) is 0 Å². The van der Waals surface area contributed by atoms with E-state index in [4.69, 9.17) is 0 Å². The van der Waals surface area contributed by atoms with Gasteiger partial charge in [-0.2, -0.15) is 0 Å². The van der Waals surface area contributed by atoms with Gasteiger partial charge in [-0.15, -0.1) is 0 Å². The van der Waals surface area contributed by atoms with Gasteiger partial charge in [-0.1, -0.05) is 6.92 Å². The lowest BCUT2D eigenvalue weighted by Gasteiger charge is -2.54. The van der Waals surface area contributed by atoms with Crippen molar-refractivity contribution in [3.8, 4) is 0 Å². The molecule has 2 rings (SSSR count). The molecule has 0 aromatic rings. The highest BCUT2D eigenvalue weighted by molar-refractivity contribution is 5.03. The van der Waals surface area contributed by atoms with Crippen molar-refractivity contribution in [1.82, 2.24) is 10.2 Å². The second kappa shape index (κ2) is 4.17. The number of rotatable bonds is 2. The van der Waals surface area contributed by atoms with Crippen LogP contribution in [0.3, 0.4) is 0 Å². The van der Waals surface area contributed by atoms with Crippen LogP contribution in [0.25, 0.3) is 0 Å². The van der Waals surface area contributed by atoms with Crippen LogP contribution in [0.1, 0.15) is 26.2 Å². The van der Waals surface area contributed by atoms with Crippen LogP contribution in [0.15, 0.2) is 0 Å². The van der Waals surface area contributed by atoms with Crippen LogP contribution in [0.4, 0.5) is 0 Å². The molecule has 0 aromatic heterocycles. The fraction of sp³-hybridized carbons (Fsp3) is 1.00. The summed E-state index contributed by atoms with van der Waals surface area (Å²) in [5.41, 5.74) is 0.131. The number of aliphatic hydroxyl groups excluding tert-OH is 1. The highest BCUT2D eigenvalue weighted by Crippen LogP contribution is 2.42. The van der Waals surface area contributed by atoms with Crippen LogP contribution in [0, 0.1) is 5.92 Å². The summed E-state index contributed by atoms with van der Waals surface area (Å²) in [6, 6.07) is 0. The molecule has 2 aliphatic rings. The normalized spacial score (nSPS) is 40.3. The van der Waals surface area contributed by atoms with Gasteiger partial charge in [0.15, 0.2) is 0 Å². The van der Waals surface area contributed by atoms with Crippen LogP contribution < -0.4 is 5.32 Å². The largest absolute Gasteiger partial charge is 0.394 e. The standard InChI is InChI=1S/C11H22N2O/c1-10-3-4-11(10,9-14)13-7-2-5-12-6-8-13/h10,12,14H,2-9H2,1H3. The SMILES string of the molecule is CC1CCC1(CO)N1CCCNCC1. The Hall–Kier alpha value is -0.120. The highest BCUT2D eigenvalue weighted by atomic mass is 16.3. The van der Waals surface area contributed by atoms with Crippen LogP contribution in [0.5, 0.6) is 0 Å². The van der Waals surface area contributed by atoms with Gasteiger partial charge in [0.05, 0.1) is 6.61 Å². The first-order valence-electron chi connectivity index (χ1n) is 5.86. The molecule has 2 unspecified atom stereocenters. The molecule has 0 amide bonds. The molecule has 1 saturated carbocycles. The molecule has 1 heterocycles. The van der Waals surface area contributed by atoms with Crippen LogP contribution in [-0.4, -0.2) is 48.3 Å². The average Bonchev–Trinajstić information content (AvgIpc) is 2.46. The predicted octanol–water partition coefficient (Wildman–Crippen LogP) is 0.443. The van der Waals surface area contributed by atoms with Crippen LogP contribution in [-0.2, 0) is 0 Å². The molecule has 82 valence electrons. The Kier molecular flexibility index (Phi) is 3.10. The minimum Gasteiger partial charge on any atom is -0.394 e. The van der Waals surface area contributed by atoms with Crippen molar-refractivity contribution >= 4 is 0 Å². The second-order valence-corrected chi connectivity index (χ2v) is 4.79. The average molecular weight is 198 g/mol. The van der Waals surface area contributed by atoms with E-state index in [0.717, 1.165) is 26.2 Å². The molecule has 2 fully saturated rings. The minimum atomic E-state index is 0.131. The summed E-state index contributed by atoms with van der Waals surface area (Å²) in [5, 5.41) is 13.0. The molecule has 2 N–H and O–H groups in total. The summed E-state index contributed by atoms with van der Waals surface area (Å²) in [4.78, 5) is 2.52. The lowest BCUT2D eigenvalue weighted by atomic mass is 9.66. The monoisotopic (exact) mass is 198 g/mol. The molecule has 0 radical (unpaired) electrons. The molecule has 0 aromatic carbocycles. The van der Waals surface area contributed by atoms with Crippen molar-refractivity contribution in [2.75, 3.05) is 32.8 Å². The maximum Gasteiger partial charge on any atom is 0.0618 e. The number of aliphatic hydroxyl groups is 1. The molecule has 2 atom stereocenters. The van der Waals surface area contributed by atoms with Crippen molar-refractivity contribution in [3.05, 3.63) is 0 Å². The van der Waals surface area contributed by atoms with Gasteiger partial charge < -0.3 is 10.4 Å². The minimum absolute atomic E-state index is 0.131. The van der Waals surface area contributed by atoms with Crippen molar-refractivity contribution < 1.29 is 5.11 Å². The Balaban J connectivity index is 2.02. The fourth-order valence-corrected chi connectivity index (χ4v) is 2.86. The Morgan fingerprint density at radius 3 is 2.86 bits per heavy atom. The Labute approximate surface area is 86.5 Å². The van der Waals surface area contributed by atoms with E-state index >= 15 is 0 Å². The topological polar surface area (TPSA) is 35.5 Å². The third-order valence-electron chi connectivity index (χ3n) is 4.17. The Morgan fingerprint density at radius 2 is 2.29 bits per heavy atom. The van der Waals surface area contributed by atoms with Crippen molar-refractivity contribution in [1.29, 1.82) is 0 Å². The van der Waals surface area contributed by atoms with Crippen LogP contribution >= 0.6 is 0 Å². The summed E-state index contributed by atoms with van der Waals surface area (Å²) in [6.07, 6.45) is 3.68. The smallest absolute Gasteiger partial charge is 0.0618 e. The number of nitrogens with one attached hydrogen (secondary N) is 1. The molecular weight excluding hydrogens is 176 g/mol. The van der Waals surface area contributed by atoms with E-state index in [1.54, 1.807) is 0 Å². The first-order chi connectivity index (χ1) is 6.79. The molecule has 0 bridgehead atoms. The van der Waals surface area contributed by atoms with Crippen molar-refractivity contribution in [2.45, 2.75) is 31.7 Å². The third-order valence-corrected chi connectivity index (χ3v) is 4.17. The lowest BCUT2D eigenvalue weighted by Crippen LogP contribution is -2.62. The summed E-state index contributed by atoms with van der Waals surface area (Å²) in [7, 11) is 0. The number of nitrogens with zero attached hydrogens (tertiary/aromatic N) is 1. The van der Waals surface area contributed by atoms with Crippen LogP contribution in [0.2, 0.25) is 0 Å². The molecule has 1 saturated heterocycles. The van der Waals surface area contributed by atoms with Gasteiger partial charge >= 0.3 is 0 Å². The van der Waals surface area contributed by atoms with Gasteiger partial charge in [0.1, 0.15) is 0 Å². The molecule has 1 aliphatic carbocycles. The Morgan fingerprint density at radius 1 is 1.43 bits per heavy atom. The van der Waals surface area contributed by atoms with E-state index in [-0.39, 0.29) is 5.54 Å². The van der Waals surface area contributed by atoms with Gasteiger partial charge in [0.25, 0.3) is 0 Å². The summed E-state index contributed by atoms with van der Waals surface area (Å²) < 4.78 is 0. The maximum absolute atomic E-state index is 9.59. The number of hydrogen-bond donors (Lipinski definition) is 2. The van der Waals surface area contributed by atoms with E-state index in [2.05, 4.69) is 17.1 Å². The van der Waals surface area contributed by atoms with Gasteiger partial charge in [-0.25, -0.2) is 0 Å². The second-order valence-electron chi connectivity index (χ2n) is 4.79. The molecule has 3 nitrogen and oxygen atoms in total. The van der Waals surface area contributed by atoms with Gasteiger partial charge in [0.2, 0.25) is 0 Å². The quantitative estimate of drug-likeness (QED) is 0.676. The lowest BCUT2D eigenvalue weighted by molar-refractivity contribution is -0.0707. The predicted molar refractivity (Wildman–Crippen MR) is 57.3 cm³/mol. The molecule has 3 heteroatoms. The first-order valence-corrected chi connectivity index (χ1v) is 5.86. The number of hydrogen-bond acceptors (Lipinski definition) is 3. The Bertz CT molecular complexity index is 186. The fourth-order valence-electron chi connectivity index (χ4n) is 2.86. The molecular formula is C11H22N2O. The highest BCUT2D eigenvalue weighted by Gasteiger charge is 2.47. The molecule has 1 aliphatic heterocycles. The zero-order valence-electron chi connectivity index (χ0n) is 9.13. The zero-order valence-corrected chi connectivity index (χ0v) is 9.13. The van der Waals surface area contributed by atoms with E-state index in [9.17, 15) is 5.11 Å². The summed E-state index contributed by atoms with van der Waals surface area (Å²) >= 11 is 0. The summed E-state index contributed by atoms with van der Waals surface area (Å²) in [5.74, 6) is 0.672. The third kappa shape index (κ3) is 1.58. The maximum atomic E-state index is 9.59.